The Bertz CT molecular complexity index is 463. The van der Waals surface area contributed by atoms with Crippen molar-refractivity contribution in [2.45, 2.75) is 20.8 Å². The highest BCUT2D eigenvalue weighted by Crippen LogP contribution is 2.07. The van der Waals surface area contributed by atoms with Gasteiger partial charge in [-0.05, 0) is 30.7 Å². The van der Waals surface area contributed by atoms with E-state index < -0.39 is 11.7 Å². The molecule has 0 saturated heterocycles. The predicted octanol–water partition coefficient (Wildman–Crippen LogP) is 5.93. The molecule has 0 atom stereocenters. The summed E-state index contributed by atoms with van der Waals surface area (Å²) in [6, 6.07) is 7.84. The third-order valence-corrected chi connectivity index (χ3v) is 2.04. The van der Waals surface area contributed by atoms with Gasteiger partial charge in [0.1, 0.15) is 11.7 Å². The van der Waals surface area contributed by atoms with Crippen molar-refractivity contribution in [1.82, 2.24) is 0 Å². The van der Waals surface area contributed by atoms with E-state index >= 15 is 0 Å². The van der Waals surface area contributed by atoms with E-state index in [-0.39, 0.29) is 0 Å². The van der Waals surface area contributed by atoms with Crippen LogP contribution in [0.1, 0.15) is 25.0 Å². The Hall–Kier alpha value is -1.96. The normalized spacial score (nSPS) is 11.5. The maximum Gasteiger partial charge on any atom is 0.123 e. The largest absolute Gasteiger partial charge is 0.208 e. The molecule has 19 heavy (non-hydrogen) atoms. The summed E-state index contributed by atoms with van der Waals surface area (Å²) in [6.07, 6.45) is 6.62. The number of hydrogen-bond donors (Lipinski definition) is 0. The van der Waals surface area contributed by atoms with E-state index in [9.17, 15) is 8.78 Å². The molecule has 0 radical (unpaired) electrons. The van der Waals surface area contributed by atoms with Gasteiger partial charge in [-0.1, -0.05) is 62.4 Å². The second-order valence-corrected chi connectivity index (χ2v) is 3.60. The van der Waals surface area contributed by atoms with E-state index in [1.807, 2.05) is 45.0 Å². The van der Waals surface area contributed by atoms with Crippen LogP contribution >= 0.6 is 0 Å². The van der Waals surface area contributed by atoms with Gasteiger partial charge in [-0.3, -0.25) is 0 Å². The maximum absolute atomic E-state index is 13.0. The highest BCUT2D eigenvalue weighted by atomic mass is 19.1. The van der Waals surface area contributed by atoms with Crippen LogP contribution in [0.2, 0.25) is 0 Å². The number of rotatable bonds is 4. The minimum absolute atomic E-state index is 0.521. The lowest BCUT2D eigenvalue weighted by molar-refractivity contribution is 0.654. The summed E-state index contributed by atoms with van der Waals surface area (Å²) in [6.45, 7) is 9.00. The van der Waals surface area contributed by atoms with E-state index in [4.69, 9.17) is 0 Å². The number of aryl methyl sites for hydroxylation is 1. The molecule has 1 aromatic carbocycles. The smallest absolute Gasteiger partial charge is 0.123 e. The third-order valence-electron chi connectivity index (χ3n) is 2.04. The topological polar surface area (TPSA) is 0 Å². The average Bonchev–Trinajstić information content (AvgIpc) is 2.41. The molecular weight excluding hydrogens is 242 g/mol. The average molecular weight is 262 g/mol. The third kappa shape index (κ3) is 8.72. The molecule has 1 aromatic rings. The molecule has 0 nitrogen and oxygen atoms in total. The first kappa shape index (κ1) is 17.0. The summed E-state index contributed by atoms with van der Waals surface area (Å²) in [7, 11) is 0. The van der Waals surface area contributed by atoms with Gasteiger partial charge in [-0.2, -0.15) is 0 Å². The first-order valence-corrected chi connectivity index (χ1v) is 6.21. The molecule has 0 spiro atoms. The van der Waals surface area contributed by atoms with Crippen LogP contribution in [-0.2, 0) is 0 Å². The fraction of sp³-hybridized carbons (Fsp3) is 0.176. The molecule has 0 N–H and O–H groups in total. The standard InChI is InChI=1S/C15H14F2.C2H6/c1-12-6-9-14(10-7-12)4-3-5-15(17)11-8-13(2)16;1-2/h3-11H,2H2,1H3;1-2H3/b4-3+,11-8-,15-5-;. The van der Waals surface area contributed by atoms with Gasteiger partial charge in [0.05, 0.1) is 0 Å². The minimum atomic E-state index is -0.670. The second-order valence-electron chi connectivity index (χ2n) is 3.60. The Morgan fingerprint density at radius 2 is 1.63 bits per heavy atom. The van der Waals surface area contributed by atoms with Gasteiger partial charge in [0, 0.05) is 0 Å². The van der Waals surface area contributed by atoms with Crippen LogP contribution in [0.5, 0.6) is 0 Å². The SMILES string of the molecule is C=C(F)\C=C/C(F)=C/C=C/c1ccc(C)cc1.CC. The summed E-state index contributed by atoms with van der Waals surface area (Å²) < 4.78 is 25.2. The van der Waals surface area contributed by atoms with Gasteiger partial charge in [0.25, 0.3) is 0 Å². The van der Waals surface area contributed by atoms with E-state index in [0.717, 1.165) is 17.7 Å². The first-order valence-electron chi connectivity index (χ1n) is 6.21. The molecule has 0 aliphatic carbocycles. The van der Waals surface area contributed by atoms with Crippen molar-refractivity contribution in [3.8, 4) is 0 Å². The number of allylic oxidation sites excluding steroid dienone is 6. The molecule has 0 aromatic heterocycles. The van der Waals surface area contributed by atoms with Crippen LogP contribution in [0.25, 0.3) is 6.08 Å². The van der Waals surface area contributed by atoms with Gasteiger partial charge >= 0.3 is 0 Å². The zero-order valence-corrected chi connectivity index (χ0v) is 11.7. The lowest BCUT2D eigenvalue weighted by atomic mass is 10.1. The Kier molecular flexibility index (Phi) is 8.98. The zero-order valence-electron chi connectivity index (χ0n) is 11.7. The molecular formula is C17H20F2. The van der Waals surface area contributed by atoms with Crippen LogP contribution in [0, 0.1) is 6.92 Å². The highest BCUT2D eigenvalue weighted by molar-refractivity contribution is 5.51. The molecule has 0 unspecified atom stereocenters. The first-order chi connectivity index (χ1) is 9.08. The van der Waals surface area contributed by atoms with Crippen LogP contribution < -0.4 is 0 Å². The van der Waals surface area contributed by atoms with Gasteiger partial charge in [0.2, 0.25) is 0 Å². The molecule has 0 bridgehead atoms. The Morgan fingerprint density at radius 1 is 1.05 bits per heavy atom. The fourth-order valence-corrected chi connectivity index (χ4v) is 1.15. The van der Waals surface area contributed by atoms with E-state index in [1.165, 1.54) is 11.6 Å². The van der Waals surface area contributed by atoms with Crippen molar-refractivity contribution in [2.75, 3.05) is 0 Å². The van der Waals surface area contributed by atoms with Crippen molar-refractivity contribution in [1.29, 1.82) is 0 Å². The highest BCUT2D eigenvalue weighted by Gasteiger charge is 1.87. The molecule has 1 rings (SSSR count). The summed E-state index contributed by atoms with van der Waals surface area (Å²) in [5, 5.41) is 0. The molecule has 2 heteroatoms. The van der Waals surface area contributed by atoms with Gasteiger partial charge in [0.15, 0.2) is 0 Å². The zero-order chi connectivity index (χ0) is 14.7. The summed E-state index contributed by atoms with van der Waals surface area (Å²) >= 11 is 0. The summed E-state index contributed by atoms with van der Waals surface area (Å²) in [5.74, 6) is -1.19. The monoisotopic (exact) mass is 262 g/mol. The van der Waals surface area contributed by atoms with Crippen LogP contribution in [-0.4, -0.2) is 0 Å². The molecule has 102 valence electrons. The second kappa shape index (κ2) is 10.0. The van der Waals surface area contributed by atoms with Crippen LogP contribution in [0.4, 0.5) is 8.78 Å². The summed E-state index contributed by atoms with van der Waals surface area (Å²) in [5.41, 5.74) is 2.16. The molecule has 0 saturated carbocycles. The van der Waals surface area contributed by atoms with Gasteiger partial charge in [-0.25, -0.2) is 8.78 Å². The van der Waals surface area contributed by atoms with Crippen molar-refractivity contribution >= 4 is 6.08 Å². The van der Waals surface area contributed by atoms with Crippen molar-refractivity contribution in [3.63, 3.8) is 0 Å². The molecule has 0 amide bonds. The minimum Gasteiger partial charge on any atom is -0.208 e. The van der Waals surface area contributed by atoms with Crippen molar-refractivity contribution in [2.24, 2.45) is 0 Å². The summed E-state index contributed by atoms with van der Waals surface area (Å²) in [4.78, 5) is 0. The molecule has 0 fully saturated rings. The van der Waals surface area contributed by atoms with Gasteiger partial charge in [-0.15, -0.1) is 0 Å². The Labute approximate surface area is 114 Å². The number of hydrogen-bond acceptors (Lipinski definition) is 0. The quantitative estimate of drug-likeness (QED) is 0.590. The van der Waals surface area contributed by atoms with E-state index in [0.29, 0.717) is 0 Å². The van der Waals surface area contributed by atoms with Crippen LogP contribution in [0.15, 0.2) is 66.8 Å². The molecule has 0 aliphatic heterocycles. The van der Waals surface area contributed by atoms with Gasteiger partial charge < -0.3 is 0 Å². The van der Waals surface area contributed by atoms with Crippen molar-refractivity contribution in [3.05, 3.63) is 77.9 Å². The molecule has 0 aliphatic rings. The fourth-order valence-electron chi connectivity index (χ4n) is 1.15. The lowest BCUT2D eigenvalue weighted by Gasteiger charge is -1.93. The van der Waals surface area contributed by atoms with Crippen LogP contribution in [0.3, 0.4) is 0 Å². The Balaban J connectivity index is 0.00000154. The lowest BCUT2D eigenvalue weighted by Crippen LogP contribution is -1.73. The Morgan fingerprint density at radius 3 is 2.16 bits per heavy atom. The number of benzene rings is 1. The van der Waals surface area contributed by atoms with E-state index in [1.54, 1.807) is 12.2 Å². The van der Waals surface area contributed by atoms with Crippen molar-refractivity contribution < 1.29 is 8.78 Å². The van der Waals surface area contributed by atoms with E-state index in [2.05, 4.69) is 6.58 Å². The predicted molar refractivity (Wildman–Crippen MR) is 80.1 cm³/mol. The maximum atomic E-state index is 13.0. The molecule has 0 heterocycles. The number of halogens is 2.